The quantitative estimate of drug-likeness (QED) is 0.776. The second-order valence-corrected chi connectivity index (χ2v) is 6.72. The predicted octanol–water partition coefficient (Wildman–Crippen LogP) is 2.68. The van der Waals surface area contributed by atoms with E-state index in [0.29, 0.717) is 5.25 Å². The van der Waals surface area contributed by atoms with Crippen molar-refractivity contribution in [1.29, 1.82) is 0 Å². The minimum atomic E-state index is 0.248. The Morgan fingerprint density at radius 1 is 1.44 bits per heavy atom. The highest BCUT2D eigenvalue weighted by Gasteiger charge is 2.06. The molecule has 1 N–H and O–H groups in total. The van der Waals surface area contributed by atoms with Crippen molar-refractivity contribution in [3.63, 3.8) is 0 Å². The molecular formula is C12H21NOS2. The van der Waals surface area contributed by atoms with Gasteiger partial charge in [0.1, 0.15) is 0 Å². The van der Waals surface area contributed by atoms with Gasteiger partial charge in [0, 0.05) is 30.3 Å². The number of rotatable bonds is 8. The van der Waals surface area contributed by atoms with Gasteiger partial charge in [0.2, 0.25) is 0 Å². The molecule has 1 aromatic heterocycles. The molecule has 0 saturated carbocycles. The largest absolute Gasteiger partial charge is 0.395 e. The van der Waals surface area contributed by atoms with Crippen LogP contribution < -0.4 is 0 Å². The van der Waals surface area contributed by atoms with Crippen molar-refractivity contribution >= 4 is 23.1 Å². The molecule has 0 bridgehead atoms. The van der Waals surface area contributed by atoms with Crippen molar-refractivity contribution in [2.24, 2.45) is 0 Å². The van der Waals surface area contributed by atoms with E-state index in [0.717, 1.165) is 25.4 Å². The van der Waals surface area contributed by atoms with Crippen LogP contribution in [0.4, 0.5) is 0 Å². The molecule has 0 aliphatic heterocycles. The third-order valence-electron chi connectivity index (χ3n) is 2.23. The number of aliphatic hydroxyl groups is 1. The van der Waals surface area contributed by atoms with Gasteiger partial charge in [-0.05, 0) is 16.7 Å². The van der Waals surface area contributed by atoms with E-state index in [-0.39, 0.29) is 6.61 Å². The second-order valence-electron chi connectivity index (χ2n) is 4.00. The van der Waals surface area contributed by atoms with Gasteiger partial charge in [0.05, 0.1) is 6.61 Å². The van der Waals surface area contributed by atoms with Crippen LogP contribution in [0.15, 0.2) is 17.5 Å². The van der Waals surface area contributed by atoms with E-state index in [1.165, 1.54) is 4.88 Å². The lowest BCUT2D eigenvalue weighted by atomic mass is 10.4. The molecule has 2 nitrogen and oxygen atoms in total. The van der Waals surface area contributed by atoms with Crippen LogP contribution in [0.3, 0.4) is 0 Å². The first-order valence-corrected chi connectivity index (χ1v) is 7.62. The lowest BCUT2D eigenvalue weighted by Crippen LogP contribution is -2.28. The first-order chi connectivity index (χ1) is 7.72. The van der Waals surface area contributed by atoms with Gasteiger partial charge in [0.15, 0.2) is 0 Å². The minimum Gasteiger partial charge on any atom is -0.395 e. The summed E-state index contributed by atoms with van der Waals surface area (Å²) in [5.41, 5.74) is 0. The van der Waals surface area contributed by atoms with Crippen molar-refractivity contribution in [3.8, 4) is 0 Å². The monoisotopic (exact) mass is 259 g/mol. The lowest BCUT2D eigenvalue weighted by molar-refractivity contribution is 0.199. The van der Waals surface area contributed by atoms with E-state index in [4.69, 9.17) is 5.11 Å². The number of aliphatic hydroxyl groups excluding tert-OH is 1. The van der Waals surface area contributed by atoms with Crippen molar-refractivity contribution < 1.29 is 5.11 Å². The highest BCUT2D eigenvalue weighted by atomic mass is 32.2. The maximum absolute atomic E-state index is 9.03. The molecule has 1 aromatic rings. The summed E-state index contributed by atoms with van der Waals surface area (Å²) in [4.78, 5) is 3.70. The van der Waals surface area contributed by atoms with Gasteiger partial charge in [-0.25, -0.2) is 0 Å². The zero-order valence-electron chi connectivity index (χ0n) is 10.1. The standard InChI is InChI=1S/C12H21NOS2/c1-11(2)15-9-6-13(5-7-14)10-12-4-3-8-16-12/h3-4,8,11,14H,5-7,9-10H2,1-2H3. The Morgan fingerprint density at radius 2 is 2.25 bits per heavy atom. The van der Waals surface area contributed by atoms with E-state index in [1.807, 2.05) is 11.8 Å². The Kier molecular flexibility index (Phi) is 7.12. The number of thiophene rings is 1. The Bertz CT molecular complexity index is 262. The van der Waals surface area contributed by atoms with Gasteiger partial charge < -0.3 is 5.11 Å². The van der Waals surface area contributed by atoms with Crippen LogP contribution in [0, 0.1) is 0 Å². The number of thioether (sulfide) groups is 1. The highest BCUT2D eigenvalue weighted by molar-refractivity contribution is 7.99. The number of hydrogen-bond donors (Lipinski definition) is 1. The average Bonchev–Trinajstić information content (AvgIpc) is 2.70. The van der Waals surface area contributed by atoms with Crippen molar-refractivity contribution in [3.05, 3.63) is 22.4 Å². The molecule has 0 fully saturated rings. The van der Waals surface area contributed by atoms with E-state index < -0.39 is 0 Å². The first kappa shape index (κ1) is 14.0. The molecule has 0 aliphatic rings. The van der Waals surface area contributed by atoms with E-state index in [2.05, 4.69) is 36.3 Å². The van der Waals surface area contributed by atoms with E-state index in [9.17, 15) is 0 Å². The number of nitrogens with zero attached hydrogens (tertiary/aromatic N) is 1. The van der Waals surface area contributed by atoms with Crippen LogP contribution in [0.25, 0.3) is 0 Å². The zero-order chi connectivity index (χ0) is 11.8. The third-order valence-corrected chi connectivity index (χ3v) is 4.18. The topological polar surface area (TPSA) is 23.5 Å². The molecule has 92 valence electrons. The SMILES string of the molecule is CC(C)SCCN(CCO)Cc1cccs1. The maximum Gasteiger partial charge on any atom is 0.0558 e. The highest BCUT2D eigenvalue weighted by Crippen LogP contribution is 2.13. The molecule has 0 radical (unpaired) electrons. The number of hydrogen-bond acceptors (Lipinski definition) is 4. The fourth-order valence-corrected chi connectivity index (χ4v) is 3.03. The van der Waals surface area contributed by atoms with E-state index in [1.54, 1.807) is 11.3 Å². The molecule has 16 heavy (non-hydrogen) atoms. The summed E-state index contributed by atoms with van der Waals surface area (Å²) >= 11 is 3.76. The molecule has 1 heterocycles. The Balaban J connectivity index is 2.29. The summed E-state index contributed by atoms with van der Waals surface area (Å²) in [5.74, 6) is 1.14. The molecule has 0 amide bonds. The Labute approximate surface area is 107 Å². The van der Waals surface area contributed by atoms with Gasteiger partial charge in [-0.1, -0.05) is 19.9 Å². The molecule has 0 aliphatic carbocycles. The fraction of sp³-hybridized carbons (Fsp3) is 0.667. The zero-order valence-corrected chi connectivity index (χ0v) is 11.7. The molecule has 0 saturated heterocycles. The summed E-state index contributed by atoms with van der Waals surface area (Å²) in [6, 6.07) is 4.24. The summed E-state index contributed by atoms with van der Waals surface area (Å²) in [6.07, 6.45) is 0. The van der Waals surface area contributed by atoms with Gasteiger partial charge in [-0.2, -0.15) is 11.8 Å². The molecule has 0 aromatic carbocycles. The van der Waals surface area contributed by atoms with Crippen LogP contribution >= 0.6 is 23.1 Å². The summed E-state index contributed by atoms with van der Waals surface area (Å²) in [5, 5.41) is 11.8. The summed E-state index contributed by atoms with van der Waals surface area (Å²) in [6.45, 7) is 7.49. The average molecular weight is 259 g/mol. The lowest BCUT2D eigenvalue weighted by Gasteiger charge is -2.20. The van der Waals surface area contributed by atoms with Gasteiger partial charge in [-0.15, -0.1) is 11.3 Å². The summed E-state index contributed by atoms with van der Waals surface area (Å²) in [7, 11) is 0. The Hall–Kier alpha value is -0.0300. The van der Waals surface area contributed by atoms with Gasteiger partial charge in [0.25, 0.3) is 0 Å². The molecular weight excluding hydrogens is 238 g/mol. The molecule has 0 unspecified atom stereocenters. The fourth-order valence-electron chi connectivity index (χ4n) is 1.45. The molecule has 0 atom stereocenters. The van der Waals surface area contributed by atoms with Gasteiger partial charge in [-0.3, -0.25) is 4.90 Å². The molecule has 1 rings (SSSR count). The van der Waals surface area contributed by atoms with Crippen LogP contribution in [0.1, 0.15) is 18.7 Å². The molecule has 4 heteroatoms. The maximum atomic E-state index is 9.03. The molecule has 0 spiro atoms. The Morgan fingerprint density at radius 3 is 2.81 bits per heavy atom. The summed E-state index contributed by atoms with van der Waals surface area (Å²) < 4.78 is 0. The van der Waals surface area contributed by atoms with Crippen LogP contribution in [0.2, 0.25) is 0 Å². The van der Waals surface area contributed by atoms with Gasteiger partial charge >= 0.3 is 0 Å². The predicted molar refractivity (Wildman–Crippen MR) is 74.3 cm³/mol. The van der Waals surface area contributed by atoms with Crippen LogP contribution in [-0.4, -0.2) is 40.7 Å². The third kappa shape index (κ3) is 5.89. The van der Waals surface area contributed by atoms with Crippen molar-refractivity contribution in [2.75, 3.05) is 25.4 Å². The van der Waals surface area contributed by atoms with Crippen molar-refractivity contribution in [1.82, 2.24) is 4.90 Å². The smallest absolute Gasteiger partial charge is 0.0558 e. The van der Waals surface area contributed by atoms with Crippen LogP contribution in [-0.2, 0) is 6.54 Å². The minimum absolute atomic E-state index is 0.248. The second kappa shape index (κ2) is 8.12. The van der Waals surface area contributed by atoms with E-state index >= 15 is 0 Å². The normalized spacial score (nSPS) is 11.6. The van der Waals surface area contributed by atoms with Crippen LogP contribution in [0.5, 0.6) is 0 Å². The first-order valence-electron chi connectivity index (χ1n) is 5.69. The van der Waals surface area contributed by atoms with Crippen molar-refractivity contribution in [2.45, 2.75) is 25.6 Å².